The molecule has 88 valence electrons. The molecule has 0 radical (unpaired) electrons. The van der Waals surface area contributed by atoms with Crippen LogP contribution in [0.2, 0.25) is 5.02 Å². The largest absolute Gasteiger partial charge is 0.492 e. The summed E-state index contributed by atoms with van der Waals surface area (Å²) < 4.78 is 5.48. The summed E-state index contributed by atoms with van der Waals surface area (Å²) in [5.74, 6) is -0.237. The Hall–Kier alpha value is -1.22. The van der Waals surface area contributed by atoms with Crippen molar-refractivity contribution in [2.24, 2.45) is 5.92 Å². The van der Waals surface area contributed by atoms with E-state index in [1.54, 1.807) is 6.07 Å². The van der Waals surface area contributed by atoms with Crippen molar-refractivity contribution >= 4 is 17.6 Å². The van der Waals surface area contributed by atoms with Crippen LogP contribution in [0.3, 0.4) is 0 Å². The van der Waals surface area contributed by atoms with Crippen LogP contribution in [-0.2, 0) is 4.79 Å². The van der Waals surface area contributed by atoms with Gasteiger partial charge in [-0.1, -0.05) is 24.6 Å². The fourth-order valence-electron chi connectivity index (χ4n) is 1.31. The molecular formula is C12H15ClO3. The first-order valence-electron chi connectivity index (χ1n) is 5.09. The number of benzene rings is 1. The maximum Gasteiger partial charge on any atom is 0.303 e. The molecule has 0 aliphatic heterocycles. The van der Waals surface area contributed by atoms with Crippen LogP contribution in [0.4, 0.5) is 0 Å². The second-order valence-corrected chi connectivity index (χ2v) is 4.36. The van der Waals surface area contributed by atoms with Gasteiger partial charge >= 0.3 is 5.97 Å². The van der Waals surface area contributed by atoms with Crippen molar-refractivity contribution in [1.82, 2.24) is 0 Å². The Morgan fingerprint density at radius 1 is 1.56 bits per heavy atom. The number of carboxylic acid groups (broad SMARTS) is 1. The molecule has 1 aromatic rings. The maximum absolute atomic E-state index is 10.5. The Morgan fingerprint density at radius 2 is 2.25 bits per heavy atom. The lowest BCUT2D eigenvalue weighted by molar-refractivity contribution is -0.138. The van der Waals surface area contributed by atoms with Crippen LogP contribution < -0.4 is 4.74 Å². The average molecular weight is 243 g/mol. The molecule has 0 fully saturated rings. The lowest BCUT2D eigenvalue weighted by Gasteiger charge is -2.12. The summed E-state index contributed by atoms with van der Waals surface area (Å²) in [4.78, 5) is 10.5. The van der Waals surface area contributed by atoms with Crippen LogP contribution in [0.25, 0.3) is 0 Å². The average Bonchev–Trinajstić information content (AvgIpc) is 2.18. The first kappa shape index (κ1) is 12.8. The van der Waals surface area contributed by atoms with Gasteiger partial charge in [0.1, 0.15) is 5.75 Å². The predicted molar refractivity (Wildman–Crippen MR) is 63.1 cm³/mol. The van der Waals surface area contributed by atoms with E-state index >= 15 is 0 Å². The highest BCUT2D eigenvalue weighted by atomic mass is 35.5. The van der Waals surface area contributed by atoms with Crippen LogP contribution in [0, 0.1) is 12.8 Å². The number of carboxylic acids is 1. The Kier molecular flexibility index (Phi) is 4.62. The van der Waals surface area contributed by atoms with Crippen LogP contribution in [0.1, 0.15) is 18.9 Å². The molecule has 0 spiro atoms. The van der Waals surface area contributed by atoms with E-state index in [1.165, 1.54) is 0 Å². The molecule has 1 aromatic carbocycles. The summed E-state index contributed by atoms with van der Waals surface area (Å²) in [7, 11) is 0. The van der Waals surface area contributed by atoms with Gasteiger partial charge in [-0.25, -0.2) is 0 Å². The van der Waals surface area contributed by atoms with Gasteiger partial charge in [0.25, 0.3) is 0 Å². The Labute approximate surface area is 100.0 Å². The third-order valence-electron chi connectivity index (χ3n) is 2.13. The van der Waals surface area contributed by atoms with Crippen molar-refractivity contribution in [1.29, 1.82) is 0 Å². The summed E-state index contributed by atoms with van der Waals surface area (Å²) >= 11 is 5.94. The van der Waals surface area contributed by atoms with Gasteiger partial charge in [0.2, 0.25) is 0 Å². The van der Waals surface area contributed by atoms with E-state index in [0.29, 0.717) is 17.4 Å². The fraction of sp³-hybridized carbons (Fsp3) is 0.417. The minimum atomic E-state index is -0.813. The second-order valence-electron chi connectivity index (χ2n) is 3.95. The van der Waals surface area contributed by atoms with Crippen molar-refractivity contribution in [2.45, 2.75) is 20.3 Å². The van der Waals surface area contributed by atoms with Gasteiger partial charge in [-0.05, 0) is 24.6 Å². The molecule has 0 bridgehead atoms. The summed E-state index contributed by atoms with van der Waals surface area (Å²) in [6, 6.07) is 5.51. The number of rotatable bonds is 5. The number of ether oxygens (including phenoxy) is 1. The monoisotopic (exact) mass is 242 g/mol. The lowest BCUT2D eigenvalue weighted by Crippen LogP contribution is -2.13. The predicted octanol–water partition coefficient (Wildman–Crippen LogP) is 3.14. The summed E-state index contributed by atoms with van der Waals surface area (Å²) in [6.07, 6.45) is 0.101. The topological polar surface area (TPSA) is 46.5 Å². The normalized spacial score (nSPS) is 12.2. The van der Waals surface area contributed by atoms with E-state index in [4.69, 9.17) is 21.4 Å². The molecule has 0 heterocycles. The van der Waals surface area contributed by atoms with Crippen molar-refractivity contribution in [3.05, 3.63) is 28.8 Å². The molecule has 0 saturated heterocycles. The van der Waals surface area contributed by atoms with Gasteiger partial charge in [-0.3, -0.25) is 4.79 Å². The SMILES string of the molecule is Cc1ccc(Cl)c(OCC(C)CC(=O)O)c1. The first-order chi connectivity index (χ1) is 7.49. The molecule has 1 N–H and O–H groups in total. The molecule has 3 nitrogen and oxygen atoms in total. The Bertz CT molecular complexity index is 377. The number of hydrogen-bond acceptors (Lipinski definition) is 2. The van der Waals surface area contributed by atoms with E-state index in [-0.39, 0.29) is 12.3 Å². The number of halogens is 1. The zero-order valence-corrected chi connectivity index (χ0v) is 10.1. The molecule has 1 atom stereocenters. The molecule has 16 heavy (non-hydrogen) atoms. The van der Waals surface area contributed by atoms with Crippen LogP contribution >= 0.6 is 11.6 Å². The zero-order valence-electron chi connectivity index (χ0n) is 9.37. The molecule has 0 aliphatic carbocycles. The molecule has 1 rings (SSSR count). The highest BCUT2D eigenvalue weighted by molar-refractivity contribution is 6.32. The third-order valence-corrected chi connectivity index (χ3v) is 2.45. The molecule has 0 amide bonds. The van der Waals surface area contributed by atoms with Crippen molar-refractivity contribution in [3.63, 3.8) is 0 Å². The van der Waals surface area contributed by atoms with E-state index in [0.717, 1.165) is 5.56 Å². The maximum atomic E-state index is 10.5. The smallest absolute Gasteiger partial charge is 0.303 e. The quantitative estimate of drug-likeness (QED) is 0.863. The molecule has 0 saturated carbocycles. The highest BCUT2D eigenvalue weighted by Gasteiger charge is 2.09. The second kappa shape index (κ2) is 5.75. The molecular weight excluding hydrogens is 228 g/mol. The standard InChI is InChI=1S/C12H15ClO3/c1-8-3-4-10(13)11(5-8)16-7-9(2)6-12(14)15/h3-5,9H,6-7H2,1-2H3,(H,14,15). The van der Waals surface area contributed by atoms with Crippen molar-refractivity contribution in [2.75, 3.05) is 6.61 Å². The fourth-order valence-corrected chi connectivity index (χ4v) is 1.48. The zero-order chi connectivity index (χ0) is 12.1. The summed E-state index contributed by atoms with van der Waals surface area (Å²) in [6.45, 7) is 4.14. The summed E-state index contributed by atoms with van der Waals surface area (Å²) in [5, 5.41) is 9.15. The van der Waals surface area contributed by atoms with Crippen LogP contribution in [0.15, 0.2) is 18.2 Å². The summed E-state index contributed by atoms with van der Waals surface area (Å²) in [5.41, 5.74) is 1.06. The Morgan fingerprint density at radius 3 is 2.88 bits per heavy atom. The van der Waals surface area contributed by atoms with Gasteiger partial charge in [0.15, 0.2) is 0 Å². The minimum Gasteiger partial charge on any atom is -0.492 e. The number of aliphatic carboxylic acids is 1. The van der Waals surface area contributed by atoms with Gasteiger partial charge in [0, 0.05) is 5.92 Å². The first-order valence-corrected chi connectivity index (χ1v) is 5.47. The molecule has 0 aromatic heterocycles. The van der Waals surface area contributed by atoms with Gasteiger partial charge in [-0.15, -0.1) is 0 Å². The highest BCUT2D eigenvalue weighted by Crippen LogP contribution is 2.25. The van der Waals surface area contributed by atoms with Gasteiger partial charge < -0.3 is 9.84 Å². The number of aryl methyl sites for hydroxylation is 1. The van der Waals surface area contributed by atoms with Gasteiger partial charge in [0.05, 0.1) is 18.1 Å². The molecule has 0 aliphatic rings. The van der Waals surface area contributed by atoms with Crippen LogP contribution in [0.5, 0.6) is 5.75 Å². The van der Waals surface area contributed by atoms with Crippen LogP contribution in [-0.4, -0.2) is 17.7 Å². The van der Waals surface area contributed by atoms with E-state index in [1.807, 2.05) is 26.0 Å². The van der Waals surface area contributed by atoms with E-state index in [2.05, 4.69) is 0 Å². The van der Waals surface area contributed by atoms with Gasteiger partial charge in [-0.2, -0.15) is 0 Å². The lowest BCUT2D eigenvalue weighted by atomic mass is 10.1. The molecule has 1 unspecified atom stereocenters. The number of carbonyl (C=O) groups is 1. The van der Waals surface area contributed by atoms with Crippen molar-refractivity contribution in [3.8, 4) is 5.75 Å². The third kappa shape index (κ3) is 4.11. The minimum absolute atomic E-state index is 0.0333. The van der Waals surface area contributed by atoms with Crippen molar-refractivity contribution < 1.29 is 14.6 Å². The van der Waals surface area contributed by atoms with E-state index in [9.17, 15) is 4.79 Å². The Balaban J connectivity index is 2.54. The molecule has 4 heteroatoms. The number of hydrogen-bond donors (Lipinski definition) is 1. The van der Waals surface area contributed by atoms with E-state index < -0.39 is 5.97 Å².